The predicted molar refractivity (Wildman–Crippen MR) is 96.6 cm³/mol. The third-order valence-electron chi connectivity index (χ3n) is 3.24. The Labute approximate surface area is 154 Å². The Balaban J connectivity index is 1.89. The van der Waals surface area contributed by atoms with Gasteiger partial charge in [0.1, 0.15) is 23.9 Å². The fraction of sp³-hybridized carbons (Fsp3) is 0.278. The number of rotatable bonds is 8. The minimum atomic E-state index is -0.751. The van der Waals surface area contributed by atoms with E-state index in [1.807, 2.05) is 0 Å². The maximum atomic E-state index is 13.1. The summed E-state index contributed by atoms with van der Waals surface area (Å²) in [5.41, 5.74) is 0.623. The average Bonchev–Trinajstić information content (AvgIpc) is 2.59. The number of carbonyl (C=O) groups is 1. The van der Waals surface area contributed by atoms with Crippen LogP contribution in [-0.2, 0) is 9.53 Å². The lowest BCUT2D eigenvalue weighted by molar-refractivity contribution is -0.122. The highest BCUT2D eigenvalue weighted by Crippen LogP contribution is 2.26. The predicted octanol–water partition coefficient (Wildman–Crippen LogP) is 4.02. The van der Waals surface area contributed by atoms with Crippen molar-refractivity contribution in [2.45, 2.75) is 13.0 Å². The molecule has 7 heteroatoms. The van der Waals surface area contributed by atoms with Crippen LogP contribution in [0, 0.1) is 5.82 Å². The van der Waals surface area contributed by atoms with Gasteiger partial charge in [-0.15, -0.1) is 0 Å². The molecule has 0 radical (unpaired) electrons. The van der Waals surface area contributed by atoms with E-state index in [4.69, 9.17) is 14.2 Å². The SMILES string of the molecule is COCCOc1ccc(NC(=O)C(C)Oc2ccc(F)cc2Br)cc1. The summed E-state index contributed by atoms with van der Waals surface area (Å²) >= 11 is 3.21. The van der Waals surface area contributed by atoms with Gasteiger partial charge in [0.2, 0.25) is 0 Å². The van der Waals surface area contributed by atoms with Gasteiger partial charge >= 0.3 is 0 Å². The lowest BCUT2D eigenvalue weighted by Crippen LogP contribution is -2.30. The van der Waals surface area contributed by atoms with Crippen LogP contribution in [0.2, 0.25) is 0 Å². The summed E-state index contributed by atoms with van der Waals surface area (Å²) in [7, 11) is 1.61. The summed E-state index contributed by atoms with van der Waals surface area (Å²) in [5, 5.41) is 2.75. The molecule has 0 aliphatic heterocycles. The van der Waals surface area contributed by atoms with Gasteiger partial charge in [0.15, 0.2) is 6.10 Å². The van der Waals surface area contributed by atoms with Gasteiger partial charge in [-0.1, -0.05) is 0 Å². The molecule has 134 valence electrons. The number of amides is 1. The smallest absolute Gasteiger partial charge is 0.265 e. The van der Waals surface area contributed by atoms with Gasteiger partial charge in [-0.05, 0) is 65.3 Å². The highest BCUT2D eigenvalue weighted by molar-refractivity contribution is 9.10. The first-order chi connectivity index (χ1) is 12.0. The molecule has 2 aromatic carbocycles. The molecular formula is C18H19BrFNO4. The van der Waals surface area contributed by atoms with Crippen LogP contribution in [0.4, 0.5) is 10.1 Å². The quantitative estimate of drug-likeness (QED) is 0.666. The van der Waals surface area contributed by atoms with Gasteiger partial charge in [-0.25, -0.2) is 4.39 Å². The number of hydrogen-bond acceptors (Lipinski definition) is 4. The van der Waals surface area contributed by atoms with Crippen LogP contribution >= 0.6 is 15.9 Å². The number of hydrogen-bond donors (Lipinski definition) is 1. The normalized spacial score (nSPS) is 11.7. The second-order valence-corrected chi connectivity index (χ2v) is 6.04. The first-order valence-corrected chi connectivity index (χ1v) is 8.43. The van der Waals surface area contributed by atoms with E-state index in [1.165, 1.54) is 18.2 Å². The molecule has 1 N–H and O–H groups in total. The molecule has 2 rings (SSSR count). The number of methoxy groups -OCH3 is 1. The lowest BCUT2D eigenvalue weighted by Gasteiger charge is -2.16. The zero-order valence-corrected chi connectivity index (χ0v) is 15.5. The first-order valence-electron chi connectivity index (χ1n) is 7.64. The van der Waals surface area contributed by atoms with E-state index in [0.717, 1.165) is 0 Å². The van der Waals surface area contributed by atoms with Gasteiger partial charge in [-0.3, -0.25) is 4.79 Å². The highest BCUT2D eigenvalue weighted by Gasteiger charge is 2.16. The van der Waals surface area contributed by atoms with Crippen LogP contribution in [0.1, 0.15) is 6.92 Å². The van der Waals surface area contributed by atoms with Crippen molar-refractivity contribution in [2.24, 2.45) is 0 Å². The Morgan fingerprint density at radius 2 is 1.92 bits per heavy atom. The molecule has 0 fully saturated rings. The monoisotopic (exact) mass is 411 g/mol. The standard InChI is InChI=1S/C18H19BrFNO4/c1-12(25-17-8-3-13(20)11-16(17)19)18(22)21-14-4-6-15(7-5-14)24-10-9-23-2/h3-8,11-12H,9-10H2,1-2H3,(H,21,22). The fourth-order valence-electron chi connectivity index (χ4n) is 1.94. The minimum Gasteiger partial charge on any atom is -0.491 e. The molecule has 25 heavy (non-hydrogen) atoms. The van der Waals surface area contributed by atoms with Crippen LogP contribution in [0.3, 0.4) is 0 Å². The molecule has 1 amide bonds. The van der Waals surface area contributed by atoms with Crippen molar-refractivity contribution in [3.63, 3.8) is 0 Å². The van der Waals surface area contributed by atoms with Gasteiger partial charge in [0.25, 0.3) is 5.91 Å². The summed E-state index contributed by atoms with van der Waals surface area (Å²) in [6.45, 7) is 2.58. The zero-order valence-electron chi connectivity index (χ0n) is 13.9. The molecule has 0 saturated carbocycles. The molecular weight excluding hydrogens is 393 g/mol. The van der Waals surface area contributed by atoms with Crippen LogP contribution in [0.15, 0.2) is 46.9 Å². The van der Waals surface area contributed by atoms with Gasteiger partial charge < -0.3 is 19.5 Å². The van der Waals surface area contributed by atoms with Crippen LogP contribution in [0.5, 0.6) is 11.5 Å². The highest BCUT2D eigenvalue weighted by atomic mass is 79.9. The summed E-state index contributed by atoms with van der Waals surface area (Å²) in [5.74, 6) is 0.383. The molecule has 2 aromatic rings. The summed E-state index contributed by atoms with van der Waals surface area (Å²) in [6, 6.07) is 11.0. The molecule has 0 heterocycles. The van der Waals surface area contributed by atoms with Crippen LogP contribution < -0.4 is 14.8 Å². The Kier molecular flexibility index (Phi) is 7.21. The molecule has 5 nitrogen and oxygen atoms in total. The van der Waals surface area contributed by atoms with E-state index in [0.29, 0.717) is 34.9 Å². The van der Waals surface area contributed by atoms with Gasteiger partial charge in [-0.2, -0.15) is 0 Å². The van der Waals surface area contributed by atoms with Gasteiger partial charge in [0.05, 0.1) is 11.1 Å². The number of halogens is 2. The number of anilines is 1. The number of nitrogens with one attached hydrogen (secondary N) is 1. The summed E-state index contributed by atoms with van der Waals surface area (Å²) < 4.78 is 29.5. The van der Waals surface area contributed by atoms with Crippen molar-refractivity contribution in [2.75, 3.05) is 25.6 Å². The second kappa shape index (κ2) is 9.39. The van der Waals surface area contributed by atoms with E-state index >= 15 is 0 Å². The van der Waals surface area contributed by atoms with Gasteiger partial charge in [0, 0.05) is 12.8 Å². The van der Waals surface area contributed by atoms with Crippen molar-refractivity contribution in [1.82, 2.24) is 0 Å². The number of ether oxygens (including phenoxy) is 3. The molecule has 1 unspecified atom stereocenters. The number of carbonyl (C=O) groups excluding carboxylic acids is 1. The van der Waals surface area contributed by atoms with Crippen molar-refractivity contribution in [1.29, 1.82) is 0 Å². The maximum absolute atomic E-state index is 13.1. The van der Waals surface area contributed by atoms with Crippen LogP contribution in [-0.4, -0.2) is 32.3 Å². The summed E-state index contributed by atoms with van der Waals surface area (Å²) in [6.07, 6.45) is -0.751. The zero-order chi connectivity index (χ0) is 18.2. The molecule has 1 atom stereocenters. The molecule has 0 aliphatic rings. The fourth-order valence-corrected chi connectivity index (χ4v) is 2.38. The molecule has 0 saturated heterocycles. The largest absolute Gasteiger partial charge is 0.491 e. The minimum absolute atomic E-state index is 0.315. The average molecular weight is 412 g/mol. The van der Waals surface area contributed by atoms with Crippen LogP contribution in [0.25, 0.3) is 0 Å². The Hall–Kier alpha value is -2.12. The van der Waals surface area contributed by atoms with E-state index in [-0.39, 0.29) is 11.7 Å². The topological polar surface area (TPSA) is 56.8 Å². The lowest BCUT2D eigenvalue weighted by atomic mass is 10.2. The Morgan fingerprint density at radius 3 is 2.56 bits per heavy atom. The third-order valence-corrected chi connectivity index (χ3v) is 3.86. The maximum Gasteiger partial charge on any atom is 0.265 e. The second-order valence-electron chi connectivity index (χ2n) is 5.19. The van der Waals surface area contributed by atoms with Crippen molar-refractivity contribution in [3.8, 4) is 11.5 Å². The van der Waals surface area contributed by atoms with E-state index < -0.39 is 6.10 Å². The first kappa shape index (κ1) is 19.2. The molecule has 0 aliphatic carbocycles. The molecule has 0 spiro atoms. The molecule has 0 aromatic heterocycles. The number of benzene rings is 2. The third kappa shape index (κ3) is 6.03. The van der Waals surface area contributed by atoms with Crippen molar-refractivity contribution in [3.05, 3.63) is 52.8 Å². The van der Waals surface area contributed by atoms with E-state index in [9.17, 15) is 9.18 Å². The Morgan fingerprint density at radius 1 is 1.20 bits per heavy atom. The van der Waals surface area contributed by atoms with E-state index in [1.54, 1.807) is 38.3 Å². The van der Waals surface area contributed by atoms with Crippen molar-refractivity contribution >= 4 is 27.5 Å². The Bertz CT molecular complexity index is 709. The van der Waals surface area contributed by atoms with E-state index in [2.05, 4.69) is 21.2 Å². The van der Waals surface area contributed by atoms with Crippen molar-refractivity contribution < 1.29 is 23.4 Å². The summed E-state index contributed by atoms with van der Waals surface area (Å²) in [4.78, 5) is 12.2. The molecule has 0 bridgehead atoms.